The van der Waals surface area contributed by atoms with Crippen molar-refractivity contribution < 1.29 is 14.8 Å². The van der Waals surface area contributed by atoms with Crippen LogP contribution in [0.25, 0.3) is 0 Å². The SMILES string of the molecule is N#Cc1cc(C(=O)O)cc([N+](=O)[O-])n1. The molecule has 0 fully saturated rings. The maximum absolute atomic E-state index is 10.5. The van der Waals surface area contributed by atoms with Crippen molar-refractivity contribution in [2.24, 2.45) is 0 Å². The van der Waals surface area contributed by atoms with Crippen LogP contribution in [-0.2, 0) is 0 Å². The van der Waals surface area contributed by atoms with Crippen molar-refractivity contribution in [1.29, 1.82) is 5.26 Å². The number of nitro groups is 1. The molecule has 0 aromatic carbocycles. The molecule has 0 aliphatic rings. The van der Waals surface area contributed by atoms with E-state index in [4.69, 9.17) is 10.4 Å². The van der Waals surface area contributed by atoms with Gasteiger partial charge in [0, 0.05) is 6.07 Å². The van der Waals surface area contributed by atoms with Gasteiger partial charge in [0.2, 0.25) is 0 Å². The molecule has 70 valence electrons. The number of hydrogen-bond acceptors (Lipinski definition) is 5. The first-order valence-electron chi connectivity index (χ1n) is 3.34. The van der Waals surface area contributed by atoms with E-state index in [0.29, 0.717) is 0 Å². The Morgan fingerprint density at radius 3 is 2.71 bits per heavy atom. The van der Waals surface area contributed by atoms with Crippen molar-refractivity contribution in [3.63, 3.8) is 0 Å². The van der Waals surface area contributed by atoms with Gasteiger partial charge in [-0.3, -0.25) is 0 Å². The van der Waals surface area contributed by atoms with Crippen LogP contribution in [0.15, 0.2) is 12.1 Å². The standard InChI is InChI=1S/C7H3N3O4/c8-3-5-1-4(7(11)12)2-6(9-5)10(13)14/h1-2H,(H,11,12). The summed E-state index contributed by atoms with van der Waals surface area (Å²) in [7, 11) is 0. The van der Waals surface area contributed by atoms with Crippen LogP contribution in [0.4, 0.5) is 5.82 Å². The van der Waals surface area contributed by atoms with Crippen molar-refractivity contribution in [1.82, 2.24) is 4.98 Å². The molecule has 1 N–H and O–H groups in total. The molecule has 1 aromatic heterocycles. The highest BCUT2D eigenvalue weighted by Gasteiger charge is 2.16. The average molecular weight is 193 g/mol. The minimum Gasteiger partial charge on any atom is -0.478 e. The van der Waals surface area contributed by atoms with Gasteiger partial charge >= 0.3 is 11.8 Å². The Balaban J connectivity index is 3.36. The third-order valence-electron chi connectivity index (χ3n) is 1.36. The van der Waals surface area contributed by atoms with E-state index in [0.717, 1.165) is 12.1 Å². The quantitative estimate of drug-likeness (QED) is 0.541. The van der Waals surface area contributed by atoms with Crippen molar-refractivity contribution in [3.05, 3.63) is 33.5 Å². The summed E-state index contributed by atoms with van der Waals surface area (Å²) in [6.07, 6.45) is 0. The molecular weight excluding hydrogens is 190 g/mol. The molecule has 0 unspecified atom stereocenters. The predicted molar refractivity (Wildman–Crippen MR) is 42.6 cm³/mol. The lowest BCUT2D eigenvalue weighted by atomic mass is 10.2. The van der Waals surface area contributed by atoms with Gasteiger partial charge in [0.05, 0.1) is 11.6 Å². The summed E-state index contributed by atoms with van der Waals surface area (Å²) >= 11 is 0. The second kappa shape index (κ2) is 3.49. The fourth-order valence-electron chi connectivity index (χ4n) is 0.790. The molecule has 0 radical (unpaired) electrons. The van der Waals surface area contributed by atoms with Gasteiger partial charge in [-0.15, -0.1) is 0 Å². The summed E-state index contributed by atoms with van der Waals surface area (Å²) in [5.41, 5.74) is -0.625. The van der Waals surface area contributed by atoms with Crippen molar-refractivity contribution >= 4 is 11.8 Å². The van der Waals surface area contributed by atoms with E-state index in [2.05, 4.69) is 4.98 Å². The fraction of sp³-hybridized carbons (Fsp3) is 0. The first kappa shape index (κ1) is 9.60. The van der Waals surface area contributed by atoms with E-state index in [9.17, 15) is 14.9 Å². The maximum Gasteiger partial charge on any atom is 0.365 e. The molecule has 0 saturated heterocycles. The van der Waals surface area contributed by atoms with Crippen LogP contribution >= 0.6 is 0 Å². The van der Waals surface area contributed by atoms with Gasteiger partial charge in [0.25, 0.3) is 5.69 Å². The molecule has 7 nitrogen and oxygen atoms in total. The van der Waals surface area contributed by atoms with Gasteiger partial charge in [-0.2, -0.15) is 5.26 Å². The summed E-state index contributed by atoms with van der Waals surface area (Å²) in [4.78, 5) is 23.2. The average Bonchev–Trinajstić information content (AvgIpc) is 2.16. The van der Waals surface area contributed by atoms with Gasteiger partial charge in [0.15, 0.2) is 0 Å². The highest BCUT2D eigenvalue weighted by molar-refractivity contribution is 5.88. The number of aromatic carboxylic acids is 1. The van der Waals surface area contributed by atoms with Crippen LogP contribution in [0.1, 0.15) is 16.1 Å². The number of pyridine rings is 1. The number of nitriles is 1. The molecular formula is C7H3N3O4. The molecule has 0 aliphatic heterocycles. The molecule has 14 heavy (non-hydrogen) atoms. The van der Waals surface area contributed by atoms with E-state index >= 15 is 0 Å². The van der Waals surface area contributed by atoms with Crippen LogP contribution in [-0.4, -0.2) is 21.0 Å². The first-order chi connectivity index (χ1) is 6.54. The van der Waals surface area contributed by atoms with Gasteiger partial charge in [-0.05, 0) is 9.91 Å². The minimum absolute atomic E-state index is 0.295. The molecule has 0 spiro atoms. The van der Waals surface area contributed by atoms with Crippen molar-refractivity contribution in [2.75, 3.05) is 0 Å². The highest BCUT2D eigenvalue weighted by Crippen LogP contribution is 2.12. The molecule has 0 amide bonds. The molecule has 7 heteroatoms. The summed E-state index contributed by atoms with van der Waals surface area (Å²) in [5, 5.41) is 27.3. The third-order valence-corrected chi connectivity index (χ3v) is 1.36. The molecule has 1 rings (SSSR count). The minimum atomic E-state index is -1.34. The van der Waals surface area contributed by atoms with E-state index < -0.39 is 16.7 Å². The van der Waals surface area contributed by atoms with Gasteiger partial charge < -0.3 is 15.2 Å². The normalized spacial score (nSPS) is 9.07. The lowest BCUT2D eigenvalue weighted by Crippen LogP contribution is -2.01. The molecule has 1 heterocycles. The van der Waals surface area contributed by atoms with Gasteiger partial charge in [-0.1, -0.05) is 0 Å². The number of carbonyl (C=O) groups is 1. The second-order valence-electron chi connectivity index (χ2n) is 2.27. The second-order valence-corrected chi connectivity index (χ2v) is 2.27. The first-order valence-corrected chi connectivity index (χ1v) is 3.34. The molecule has 0 aliphatic carbocycles. The lowest BCUT2D eigenvalue weighted by Gasteiger charge is -1.94. The maximum atomic E-state index is 10.5. The van der Waals surface area contributed by atoms with Crippen molar-refractivity contribution in [3.8, 4) is 6.07 Å². The van der Waals surface area contributed by atoms with Crippen molar-refractivity contribution in [2.45, 2.75) is 0 Å². The van der Waals surface area contributed by atoms with Crippen LogP contribution in [0.5, 0.6) is 0 Å². The van der Waals surface area contributed by atoms with Crippen LogP contribution in [0, 0.1) is 21.4 Å². The predicted octanol–water partition coefficient (Wildman–Crippen LogP) is 0.560. The Morgan fingerprint density at radius 2 is 2.29 bits per heavy atom. The largest absolute Gasteiger partial charge is 0.478 e. The highest BCUT2D eigenvalue weighted by atomic mass is 16.6. The van der Waals surface area contributed by atoms with E-state index in [1.54, 1.807) is 0 Å². The number of rotatable bonds is 2. The number of aromatic nitrogens is 1. The zero-order chi connectivity index (χ0) is 10.7. The summed E-state index contributed by atoms with van der Waals surface area (Å²) < 4.78 is 0. The Bertz CT molecular complexity index is 416. The van der Waals surface area contributed by atoms with Crippen LogP contribution in [0.3, 0.4) is 0 Å². The van der Waals surface area contributed by atoms with E-state index in [1.165, 1.54) is 6.07 Å². The molecule has 0 atom stereocenters. The Kier molecular flexibility index (Phi) is 2.39. The van der Waals surface area contributed by atoms with Crippen LogP contribution < -0.4 is 0 Å². The zero-order valence-corrected chi connectivity index (χ0v) is 6.67. The molecule has 0 bridgehead atoms. The number of carboxylic acid groups (broad SMARTS) is 1. The van der Waals surface area contributed by atoms with E-state index in [-0.39, 0.29) is 11.3 Å². The zero-order valence-electron chi connectivity index (χ0n) is 6.67. The smallest absolute Gasteiger partial charge is 0.365 e. The topological polar surface area (TPSA) is 117 Å². The summed E-state index contributed by atoms with van der Waals surface area (Å²) in [6.45, 7) is 0. The molecule has 1 aromatic rings. The van der Waals surface area contributed by atoms with Gasteiger partial charge in [-0.25, -0.2) is 4.79 Å². The Labute approximate surface area is 77.4 Å². The lowest BCUT2D eigenvalue weighted by molar-refractivity contribution is -0.389. The molecule has 0 saturated carbocycles. The van der Waals surface area contributed by atoms with Crippen LogP contribution in [0.2, 0.25) is 0 Å². The fourth-order valence-corrected chi connectivity index (χ4v) is 0.790. The number of nitrogens with zero attached hydrogens (tertiary/aromatic N) is 3. The monoisotopic (exact) mass is 193 g/mol. The van der Waals surface area contributed by atoms with Gasteiger partial charge in [0.1, 0.15) is 6.07 Å². The third kappa shape index (κ3) is 1.81. The number of carboxylic acids is 1. The Hall–Kier alpha value is -2.49. The summed E-state index contributed by atoms with van der Waals surface area (Å²) in [5.74, 6) is -1.99. The summed E-state index contributed by atoms with van der Waals surface area (Å²) in [6, 6.07) is 3.30. The Morgan fingerprint density at radius 1 is 1.64 bits per heavy atom. The van der Waals surface area contributed by atoms with E-state index in [1.807, 2.05) is 0 Å². The number of hydrogen-bond donors (Lipinski definition) is 1.